The number of ether oxygens (including phenoxy) is 1. The first-order valence-electron chi connectivity index (χ1n) is 7.45. The Balaban J connectivity index is 1.76. The Morgan fingerprint density at radius 3 is 2.70 bits per heavy atom. The first-order valence-corrected chi connectivity index (χ1v) is 7.45. The summed E-state index contributed by atoms with van der Waals surface area (Å²) in [6.45, 7) is 0.524. The second kappa shape index (κ2) is 7.78. The lowest BCUT2D eigenvalue weighted by atomic mass is 10.1. The van der Waals surface area contributed by atoms with Gasteiger partial charge in [0.2, 0.25) is 0 Å². The highest BCUT2D eigenvalue weighted by molar-refractivity contribution is 5.74. The number of urea groups is 1. The lowest BCUT2D eigenvalue weighted by Gasteiger charge is -2.16. The van der Waals surface area contributed by atoms with Crippen molar-refractivity contribution >= 4 is 6.03 Å². The van der Waals surface area contributed by atoms with Gasteiger partial charge in [-0.3, -0.25) is 0 Å². The third kappa shape index (κ3) is 4.76. The van der Waals surface area contributed by atoms with E-state index in [0.29, 0.717) is 12.6 Å². The van der Waals surface area contributed by atoms with Crippen molar-refractivity contribution in [2.45, 2.75) is 51.1 Å². The van der Waals surface area contributed by atoms with Crippen LogP contribution in [-0.2, 0) is 6.54 Å². The van der Waals surface area contributed by atoms with Gasteiger partial charge in [-0.15, -0.1) is 0 Å². The van der Waals surface area contributed by atoms with Gasteiger partial charge in [-0.2, -0.15) is 0 Å². The van der Waals surface area contributed by atoms with Gasteiger partial charge < -0.3 is 15.4 Å². The van der Waals surface area contributed by atoms with Crippen molar-refractivity contribution in [2.75, 3.05) is 7.11 Å². The fourth-order valence-electron chi connectivity index (χ4n) is 2.62. The number of hydrogen-bond acceptors (Lipinski definition) is 2. The van der Waals surface area contributed by atoms with Gasteiger partial charge in [0.25, 0.3) is 0 Å². The summed E-state index contributed by atoms with van der Waals surface area (Å²) in [6.07, 6.45) is 7.24. The number of carbonyl (C=O) groups is 1. The van der Waals surface area contributed by atoms with E-state index in [4.69, 9.17) is 4.74 Å². The molecule has 2 rings (SSSR count). The molecule has 0 unspecified atom stereocenters. The fourth-order valence-corrected chi connectivity index (χ4v) is 2.62. The normalized spacial score (nSPS) is 16.2. The molecule has 1 aromatic carbocycles. The quantitative estimate of drug-likeness (QED) is 0.830. The summed E-state index contributed by atoms with van der Waals surface area (Å²) in [4.78, 5) is 11.9. The van der Waals surface area contributed by atoms with Crippen LogP contribution in [0.3, 0.4) is 0 Å². The van der Waals surface area contributed by atoms with Crippen LogP contribution in [0.5, 0.6) is 5.75 Å². The molecule has 0 heterocycles. The van der Waals surface area contributed by atoms with Crippen molar-refractivity contribution in [3.63, 3.8) is 0 Å². The Labute approximate surface area is 120 Å². The summed E-state index contributed by atoms with van der Waals surface area (Å²) in [5.41, 5.74) is 1.04. The molecule has 2 N–H and O–H groups in total. The molecule has 20 heavy (non-hydrogen) atoms. The third-order valence-corrected chi connectivity index (χ3v) is 3.78. The number of benzene rings is 1. The van der Waals surface area contributed by atoms with E-state index in [2.05, 4.69) is 10.6 Å². The highest BCUT2D eigenvalue weighted by Gasteiger charge is 2.14. The standard InChI is InChI=1S/C16H24N2O2/c1-20-15-10-6-7-13(11-15)12-17-16(19)18-14-8-4-2-3-5-9-14/h6-7,10-11,14H,2-5,8-9,12H2,1H3,(H2,17,18,19). The number of hydrogen-bond donors (Lipinski definition) is 2. The molecular formula is C16H24N2O2. The van der Waals surface area contributed by atoms with Crippen LogP contribution < -0.4 is 15.4 Å². The Hall–Kier alpha value is -1.71. The van der Waals surface area contributed by atoms with Crippen molar-refractivity contribution < 1.29 is 9.53 Å². The number of amides is 2. The first kappa shape index (κ1) is 14.7. The molecule has 1 aromatic rings. The average molecular weight is 276 g/mol. The van der Waals surface area contributed by atoms with E-state index in [-0.39, 0.29) is 6.03 Å². The maximum atomic E-state index is 11.9. The summed E-state index contributed by atoms with van der Waals surface area (Å²) >= 11 is 0. The lowest BCUT2D eigenvalue weighted by Crippen LogP contribution is -2.41. The Bertz CT molecular complexity index is 426. The smallest absolute Gasteiger partial charge is 0.315 e. The lowest BCUT2D eigenvalue weighted by molar-refractivity contribution is 0.235. The SMILES string of the molecule is COc1cccc(CNC(=O)NC2CCCCCC2)c1. The number of nitrogens with one attached hydrogen (secondary N) is 2. The molecule has 0 aromatic heterocycles. The Kier molecular flexibility index (Phi) is 5.71. The first-order chi connectivity index (χ1) is 9.78. The zero-order chi connectivity index (χ0) is 14.2. The monoisotopic (exact) mass is 276 g/mol. The molecule has 110 valence electrons. The molecule has 0 radical (unpaired) electrons. The van der Waals surface area contributed by atoms with Crippen LogP contribution in [0.4, 0.5) is 4.79 Å². The molecule has 0 spiro atoms. The molecular weight excluding hydrogens is 252 g/mol. The number of rotatable bonds is 4. The van der Waals surface area contributed by atoms with Gasteiger partial charge in [0.15, 0.2) is 0 Å². The third-order valence-electron chi connectivity index (χ3n) is 3.78. The van der Waals surface area contributed by atoms with Gasteiger partial charge in [-0.05, 0) is 30.5 Å². The van der Waals surface area contributed by atoms with E-state index in [1.165, 1.54) is 25.7 Å². The molecule has 4 heteroatoms. The number of methoxy groups -OCH3 is 1. The molecule has 0 bridgehead atoms. The highest BCUT2D eigenvalue weighted by atomic mass is 16.5. The van der Waals surface area contributed by atoms with Gasteiger partial charge in [-0.1, -0.05) is 37.8 Å². The molecule has 4 nitrogen and oxygen atoms in total. The summed E-state index contributed by atoms with van der Waals surface area (Å²) in [6, 6.07) is 8.01. The molecule has 1 aliphatic rings. The second-order valence-electron chi connectivity index (χ2n) is 5.37. The Morgan fingerprint density at radius 1 is 1.25 bits per heavy atom. The largest absolute Gasteiger partial charge is 0.497 e. The van der Waals surface area contributed by atoms with Crippen molar-refractivity contribution in [2.24, 2.45) is 0 Å². The van der Waals surface area contributed by atoms with E-state index in [1.807, 2.05) is 24.3 Å². The molecule has 0 aliphatic heterocycles. The van der Waals surface area contributed by atoms with Crippen LogP contribution in [0.2, 0.25) is 0 Å². The molecule has 2 amide bonds. The van der Waals surface area contributed by atoms with Crippen LogP contribution in [-0.4, -0.2) is 19.2 Å². The highest BCUT2D eigenvalue weighted by Crippen LogP contribution is 2.17. The number of carbonyl (C=O) groups excluding carboxylic acids is 1. The minimum atomic E-state index is -0.0697. The van der Waals surface area contributed by atoms with Gasteiger partial charge in [0.1, 0.15) is 5.75 Å². The summed E-state index contributed by atoms with van der Waals surface area (Å²) in [5, 5.41) is 5.99. The van der Waals surface area contributed by atoms with Crippen LogP contribution in [0.1, 0.15) is 44.1 Å². The van der Waals surface area contributed by atoms with E-state index in [1.54, 1.807) is 7.11 Å². The van der Waals surface area contributed by atoms with Gasteiger partial charge >= 0.3 is 6.03 Å². The van der Waals surface area contributed by atoms with Crippen LogP contribution in [0.25, 0.3) is 0 Å². The Morgan fingerprint density at radius 2 is 2.00 bits per heavy atom. The molecule has 1 fully saturated rings. The van der Waals surface area contributed by atoms with Crippen molar-refractivity contribution in [3.8, 4) is 5.75 Å². The van der Waals surface area contributed by atoms with Crippen molar-refractivity contribution in [1.82, 2.24) is 10.6 Å². The fraction of sp³-hybridized carbons (Fsp3) is 0.562. The van der Waals surface area contributed by atoms with Crippen molar-refractivity contribution in [3.05, 3.63) is 29.8 Å². The van der Waals surface area contributed by atoms with Gasteiger partial charge in [0.05, 0.1) is 7.11 Å². The van der Waals surface area contributed by atoms with E-state index in [0.717, 1.165) is 24.2 Å². The maximum absolute atomic E-state index is 11.9. The zero-order valence-electron chi connectivity index (χ0n) is 12.2. The predicted octanol–water partition coefficient (Wildman–Crippen LogP) is 3.22. The summed E-state index contributed by atoms with van der Waals surface area (Å²) in [5.74, 6) is 0.813. The van der Waals surface area contributed by atoms with Crippen LogP contribution in [0.15, 0.2) is 24.3 Å². The molecule has 0 saturated heterocycles. The topological polar surface area (TPSA) is 50.4 Å². The van der Waals surface area contributed by atoms with Crippen molar-refractivity contribution in [1.29, 1.82) is 0 Å². The zero-order valence-corrected chi connectivity index (χ0v) is 12.2. The van der Waals surface area contributed by atoms with Crippen LogP contribution >= 0.6 is 0 Å². The van der Waals surface area contributed by atoms with E-state index < -0.39 is 0 Å². The second-order valence-corrected chi connectivity index (χ2v) is 5.37. The maximum Gasteiger partial charge on any atom is 0.315 e. The van der Waals surface area contributed by atoms with E-state index >= 15 is 0 Å². The minimum absolute atomic E-state index is 0.0697. The average Bonchev–Trinajstić information content (AvgIpc) is 2.74. The van der Waals surface area contributed by atoms with Gasteiger partial charge in [0, 0.05) is 12.6 Å². The molecule has 1 aliphatic carbocycles. The van der Waals surface area contributed by atoms with Gasteiger partial charge in [-0.25, -0.2) is 4.79 Å². The predicted molar refractivity (Wildman–Crippen MR) is 79.9 cm³/mol. The summed E-state index contributed by atoms with van der Waals surface area (Å²) in [7, 11) is 1.64. The molecule has 1 saturated carbocycles. The summed E-state index contributed by atoms with van der Waals surface area (Å²) < 4.78 is 5.17. The minimum Gasteiger partial charge on any atom is -0.497 e. The van der Waals surface area contributed by atoms with Crippen LogP contribution in [0, 0.1) is 0 Å². The molecule has 0 atom stereocenters. The van der Waals surface area contributed by atoms with E-state index in [9.17, 15) is 4.79 Å².